The van der Waals surface area contributed by atoms with Crippen molar-refractivity contribution in [3.05, 3.63) is 53.1 Å². The first-order valence-electron chi connectivity index (χ1n) is 8.52. The van der Waals surface area contributed by atoms with Gasteiger partial charge >= 0.3 is 0 Å². The molecular weight excluding hydrogens is 300 g/mol. The molecule has 3 heteroatoms. The predicted octanol–water partition coefficient (Wildman–Crippen LogP) is 5.28. The third-order valence-corrected chi connectivity index (χ3v) is 4.00. The molecule has 0 saturated heterocycles. The Morgan fingerprint density at radius 1 is 0.833 bits per heavy atom. The molecular formula is C21H28O3. The molecule has 0 fully saturated rings. The van der Waals surface area contributed by atoms with Gasteiger partial charge in [0.05, 0.1) is 20.3 Å². The molecule has 130 valence electrons. The third kappa shape index (κ3) is 4.92. The molecule has 2 aromatic carbocycles. The largest absolute Gasteiger partial charge is 0.493 e. The molecule has 2 rings (SSSR count). The van der Waals surface area contributed by atoms with Crippen LogP contribution in [0.2, 0.25) is 0 Å². The Morgan fingerprint density at radius 3 is 2.21 bits per heavy atom. The van der Waals surface area contributed by atoms with E-state index < -0.39 is 0 Å². The first kappa shape index (κ1) is 18.2. The summed E-state index contributed by atoms with van der Waals surface area (Å²) in [6.45, 7) is 9.73. The summed E-state index contributed by atoms with van der Waals surface area (Å²) < 4.78 is 17.1. The van der Waals surface area contributed by atoms with Crippen LogP contribution in [0.3, 0.4) is 0 Å². The van der Waals surface area contributed by atoms with E-state index in [1.807, 2.05) is 25.1 Å². The van der Waals surface area contributed by atoms with E-state index in [1.165, 1.54) is 11.1 Å². The molecule has 0 heterocycles. The van der Waals surface area contributed by atoms with Crippen LogP contribution in [0.4, 0.5) is 0 Å². The van der Waals surface area contributed by atoms with E-state index >= 15 is 0 Å². The van der Waals surface area contributed by atoms with E-state index in [2.05, 4.69) is 39.0 Å². The van der Waals surface area contributed by atoms with Gasteiger partial charge in [-0.15, -0.1) is 0 Å². The molecule has 2 aromatic rings. The molecule has 0 aliphatic carbocycles. The predicted molar refractivity (Wildman–Crippen MR) is 98.6 cm³/mol. The fraction of sp³-hybridized carbons (Fsp3) is 0.429. The first-order chi connectivity index (χ1) is 11.5. The molecule has 0 atom stereocenters. The summed E-state index contributed by atoms with van der Waals surface area (Å²) >= 11 is 0. The minimum atomic E-state index is 0.505. The summed E-state index contributed by atoms with van der Waals surface area (Å²) in [5.74, 6) is 3.02. The van der Waals surface area contributed by atoms with Gasteiger partial charge in [-0.2, -0.15) is 0 Å². The summed E-state index contributed by atoms with van der Waals surface area (Å²) in [6.07, 6.45) is 0.822. The Hall–Kier alpha value is -2.16. The van der Waals surface area contributed by atoms with Crippen molar-refractivity contribution in [1.29, 1.82) is 0 Å². The van der Waals surface area contributed by atoms with Gasteiger partial charge in [-0.25, -0.2) is 0 Å². The van der Waals surface area contributed by atoms with Gasteiger partial charge < -0.3 is 14.2 Å². The normalized spacial score (nSPS) is 10.8. The van der Waals surface area contributed by atoms with Crippen molar-refractivity contribution >= 4 is 0 Å². The van der Waals surface area contributed by atoms with Crippen LogP contribution in [0, 0.1) is 13.8 Å². The van der Waals surface area contributed by atoms with Gasteiger partial charge in [0, 0.05) is 6.42 Å². The van der Waals surface area contributed by atoms with E-state index in [4.69, 9.17) is 14.2 Å². The maximum atomic E-state index is 5.93. The van der Waals surface area contributed by atoms with Gasteiger partial charge in [0.1, 0.15) is 5.75 Å². The zero-order chi connectivity index (χ0) is 17.5. The Balaban J connectivity index is 1.82. The van der Waals surface area contributed by atoms with E-state index in [0.717, 1.165) is 29.2 Å². The number of benzene rings is 2. The smallest absolute Gasteiger partial charge is 0.161 e. The lowest BCUT2D eigenvalue weighted by Crippen LogP contribution is -2.06. The van der Waals surface area contributed by atoms with Crippen LogP contribution >= 0.6 is 0 Å². The van der Waals surface area contributed by atoms with Crippen molar-refractivity contribution < 1.29 is 14.2 Å². The third-order valence-electron chi connectivity index (χ3n) is 4.00. The molecule has 24 heavy (non-hydrogen) atoms. The molecule has 0 saturated carbocycles. The van der Waals surface area contributed by atoms with Gasteiger partial charge in [-0.05, 0) is 54.7 Å². The van der Waals surface area contributed by atoms with Crippen LogP contribution in [0.1, 0.15) is 42.9 Å². The zero-order valence-electron chi connectivity index (χ0n) is 15.4. The highest BCUT2D eigenvalue weighted by Gasteiger charge is 2.06. The van der Waals surface area contributed by atoms with Crippen LogP contribution in [0.15, 0.2) is 36.4 Å². The SMILES string of the molecule is COc1cc(C)ccc1OCCCOc1cc(C(C)C)ccc1C. The number of ether oxygens (including phenoxy) is 3. The maximum absolute atomic E-state index is 5.93. The summed E-state index contributed by atoms with van der Waals surface area (Å²) in [4.78, 5) is 0. The van der Waals surface area contributed by atoms with Gasteiger partial charge in [0.25, 0.3) is 0 Å². The van der Waals surface area contributed by atoms with E-state index in [0.29, 0.717) is 19.1 Å². The molecule has 3 nitrogen and oxygen atoms in total. The lowest BCUT2D eigenvalue weighted by molar-refractivity contribution is 0.239. The standard InChI is InChI=1S/C21H28O3/c1-15(2)18-9-8-17(4)20(14-18)24-12-6-11-23-19-10-7-16(3)13-21(19)22-5/h7-10,13-15H,6,11-12H2,1-5H3. The fourth-order valence-electron chi connectivity index (χ4n) is 2.45. The number of aryl methyl sites for hydroxylation is 2. The Bertz CT molecular complexity index is 662. The van der Waals surface area contributed by atoms with Crippen LogP contribution < -0.4 is 14.2 Å². The fourth-order valence-corrected chi connectivity index (χ4v) is 2.45. The number of rotatable bonds is 8. The number of hydrogen-bond donors (Lipinski definition) is 0. The Kier molecular flexibility index (Phi) is 6.53. The molecule has 0 amide bonds. The van der Waals surface area contributed by atoms with Gasteiger partial charge in [-0.1, -0.05) is 32.0 Å². The van der Waals surface area contributed by atoms with Gasteiger partial charge in [0.2, 0.25) is 0 Å². The highest BCUT2D eigenvalue weighted by Crippen LogP contribution is 2.28. The average Bonchev–Trinajstić information content (AvgIpc) is 2.56. The highest BCUT2D eigenvalue weighted by atomic mass is 16.5. The minimum Gasteiger partial charge on any atom is -0.493 e. The van der Waals surface area contributed by atoms with Crippen molar-refractivity contribution in [2.24, 2.45) is 0 Å². The van der Waals surface area contributed by atoms with Crippen LogP contribution in [0.25, 0.3) is 0 Å². The molecule has 0 aliphatic heterocycles. The average molecular weight is 328 g/mol. The lowest BCUT2D eigenvalue weighted by Gasteiger charge is -2.14. The molecule has 0 N–H and O–H groups in total. The molecule has 0 aliphatic rings. The monoisotopic (exact) mass is 328 g/mol. The van der Waals surface area contributed by atoms with Crippen molar-refractivity contribution in [1.82, 2.24) is 0 Å². The highest BCUT2D eigenvalue weighted by molar-refractivity contribution is 5.42. The maximum Gasteiger partial charge on any atom is 0.161 e. The van der Waals surface area contributed by atoms with Crippen molar-refractivity contribution in [3.8, 4) is 17.2 Å². The van der Waals surface area contributed by atoms with Crippen LogP contribution in [0.5, 0.6) is 17.2 Å². The minimum absolute atomic E-state index is 0.505. The van der Waals surface area contributed by atoms with Crippen molar-refractivity contribution in [3.63, 3.8) is 0 Å². The number of methoxy groups -OCH3 is 1. The number of hydrogen-bond acceptors (Lipinski definition) is 3. The summed E-state index contributed by atoms with van der Waals surface area (Å²) in [5, 5.41) is 0. The second-order valence-corrected chi connectivity index (χ2v) is 6.38. The van der Waals surface area contributed by atoms with Crippen molar-refractivity contribution in [2.75, 3.05) is 20.3 Å². The molecule has 0 bridgehead atoms. The quantitative estimate of drug-likeness (QED) is 0.617. The molecule has 0 spiro atoms. The van der Waals surface area contributed by atoms with Crippen molar-refractivity contribution in [2.45, 2.75) is 40.0 Å². The summed E-state index contributed by atoms with van der Waals surface area (Å²) in [5.41, 5.74) is 3.62. The summed E-state index contributed by atoms with van der Waals surface area (Å²) in [6, 6.07) is 12.4. The van der Waals surface area contributed by atoms with Crippen LogP contribution in [-0.2, 0) is 0 Å². The zero-order valence-corrected chi connectivity index (χ0v) is 15.4. The summed E-state index contributed by atoms with van der Waals surface area (Å²) in [7, 11) is 1.66. The van der Waals surface area contributed by atoms with Gasteiger partial charge in [-0.3, -0.25) is 0 Å². The second kappa shape index (κ2) is 8.62. The lowest BCUT2D eigenvalue weighted by atomic mass is 10.0. The Morgan fingerprint density at radius 2 is 1.54 bits per heavy atom. The first-order valence-corrected chi connectivity index (χ1v) is 8.52. The Labute approximate surface area is 145 Å². The van der Waals surface area contributed by atoms with E-state index in [1.54, 1.807) is 7.11 Å². The molecule has 0 aromatic heterocycles. The van der Waals surface area contributed by atoms with Crippen LogP contribution in [-0.4, -0.2) is 20.3 Å². The second-order valence-electron chi connectivity index (χ2n) is 6.38. The molecule has 0 unspecified atom stereocenters. The van der Waals surface area contributed by atoms with E-state index in [-0.39, 0.29) is 0 Å². The van der Waals surface area contributed by atoms with E-state index in [9.17, 15) is 0 Å². The van der Waals surface area contributed by atoms with Gasteiger partial charge in [0.15, 0.2) is 11.5 Å². The topological polar surface area (TPSA) is 27.7 Å². The molecule has 0 radical (unpaired) electrons.